The summed E-state index contributed by atoms with van der Waals surface area (Å²) in [5.74, 6) is 0.0726. The molecule has 0 aliphatic carbocycles. The van der Waals surface area contributed by atoms with E-state index in [0.29, 0.717) is 48.6 Å². The van der Waals surface area contributed by atoms with Crippen molar-refractivity contribution >= 4 is 60.6 Å². The van der Waals surface area contributed by atoms with E-state index in [0.717, 1.165) is 10.9 Å². The molecule has 0 bridgehead atoms. The number of carbonyl (C=O) groups is 1. The Morgan fingerprint density at radius 1 is 1.29 bits per heavy atom. The van der Waals surface area contributed by atoms with E-state index in [-0.39, 0.29) is 39.9 Å². The minimum absolute atomic E-state index is 0.0613. The van der Waals surface area contributed by atoms with Crippen LogP contribution in [0.2, 0.25) is 0 Å². The Hall–Kier alpha value is -3.16. The molecule has 4 rings (SSSR count). The number of nitro benzene ring substituents is 1. The maximum Gasteiger partial charge on any atom is 0.312 e. The summed E-state index contributed by atoms with van der Waals surface area (Å²) in [6, 6.07) is 8.12. The second-order valence-corrected chi connectivity index (χ2v) is 10.5. The molecule has 1 saturated heterocycles. The molecule has 13 heteroatoms. The lowest BCUT2D eigenvalue weighted by Gasteiger charge is -2.26. The van der Waals surface area contributed by atoms with Crippen LogP contribution in [-0.4, -0.2) is 64.5 Å². The fourth-order valence-corrected chi connectivity index (χ4v) is 4.84. The smallest absolute Gasteiger partial charge is 0.312 e. The van der Waals surface area contributed by atoms with Gasteiger partial charge in [0, 0.05) is 35.1 Å². The summed E-state index contributed by atoms with van der Waals surface area (Å²) in [6.07, 6.45) is 2.09. The fourth-order valence-electron chi connectivity index (χ4n) is 3.89. The number of nitrogens with zero attached hydrogens (tertiary/aromatic N) is 5. The van der Waals surface area contributed by atoms with Gasteiger partial charge in [-0.3, -0.25) is 19.7 Å². The maximum atomic E-state index is 13.3. The van der Waals surface area contributed by atoms with E-state index < -0.39 is 4.92 Å². The summed E-state index contributed by atoms with van der Waals surface area (Å²) < 4.78 is 13.1. The number of hydrogen-bond acceptors (Lipinski definition) is 8. The van der Waals surface area contributed by atoms with Crippen molar-refractivity contribution in [2.75, 3.05) is 32.9 Å². The minimum Gasteiger partial charge on any atom is -0.476 e. The third kappa shape index (κ3) is 6.11. The Bertz CT molecular complexity index is 1470. The summed E-state index contributed by atoms with van der Waals surface area (Å²) in [5.41, 5.74) is 0.224. The summed E-state index contributed by atoms with van der Waals surface area (Å²) >= 11 is 6.70. The molecule has 2 aromatic carbocycles. The number of morpholine rings is 1. The molecule has 0 radical (unpaired) electrons. The van der Waals surface area contributed by atoms with Gasteiger partial charge in [-0.15, -0.1) is 0 Å². The molecule has 200 valence electrons. The summed E-state index contributed by atoms with van der Waals surface area (Å²) in [7, 11) is 0. The molecule has 0 N–H and O–H groups in total. The lowest BCUT2D eigenvalue weighted by Crippen LogP contribution is -2.43. The minimum atomic E-state index is -0.595. The van der Waals surface area contributed by atoms with Crippen LogP contribution in [-0.2, 0) is 9.53 Å². The highest BCUT2D eigenvalue weighted by Gasteiger charge is 2.24. The number of amides is 1. The molecule has 1 atom stereocenters. The van der Waals surface area contributed by atoms with Gasteiger partial charge in [0.15, 0.2) is 6.61 Å². The largest absolute Gasteiger partial charge is 0.476 e. The first-order chi connectivity index (χ1) is 18.2. The highest BCUT2D eigenvalue weighted by Crippen LogP contribution is 2.36. The van der Waals surface area contributed by atoms with Gasteiger partial charge >= 0.3 is 5.69 Å². The standard InChI is InChI=1S/C25H25Br2N5O6/c1-3-15(2)24-29-20-5-4-17(26)12-18(20)25(34)31(24)28-13-16-10-19(27)23(21(11-16)32(35)36)38-14-22(33)30-6-8-37-9-7-30/h4-5,10-13,15H,3,6-9,14H2,1-2H3/t15-/m1/s1. The average molecular weight is 651 g/mol. The zero-order chi connectivity index (χ0) is 27.4. The number of halogens is 2. The first-order valence-electron chi connectivity index (χ1n) is 11.9. The van der Waals surface area contributed by atoms with Crippen LogP contribution in [0.5, 0.6) is 5.75 Å². The molecule has 38 heavy (non-hydrogen) atoms. The molecular formula is C25H25Br2N5O6. The predicted octanol–water partition coefficient (Wildman–Crippen LogP) is 4.46. The summed E-state index contributed by atoms with van der Waals surface area (Å²) in [4.78, 5) is 43.3. The Kier molecular flexibility index (Phi) is 8.90. The number of benzene rings is 2. The Morgan fingerprint density at radius 2 is 2.03 bits per heavy atom. The van der Waals surface area contributed by atoms with Gasteiger partial charge in [-0.2, -0.15) is 9.78 Å². The van der Waals surface area contributed by atoms with E-state index >= 15 is 0 Å². The van der Waals surface area contributed by atoms with Gasteiger partial charge in [0.25, 0.3) is 11.5 Å². The predicted molar refractivity (Wildman–Crippen MR) is 149 cm³/mol. The number of aromatic nitrogens is 2. The van der Waals surface area contributed by atoms with Crippen LogP contribution in [0, 0.1) is 10.1 Å². The molecule has 1 aliphatic heterocycles. The average Bonchev–Trinajstić information content (AvgIpc) is 2.91. The second kappa shape index (κ2) is 12.1. The van der Waals surface area contributed by atoms with Crippen LogP contribution in [0.1, 0.15) is 37.6 Å². The summed E-state index contributed by atoms with van der Waals surface area (Å²) in [6.45, 7) is 5.35. The SMILES string of the molecule is CC[C@@H](C)c1nc2ccc(Br)cc2c(=O)n1N=Cc1cc(Br)c(OCC(=O)N2CCOCC2)c([N+](=O)[O-])c1. The normalized spacial score (nSPS) is 14.7. The van der Waals surface area contributed by atoms with Gasteiger partial charge in [0.1, 0.15) is 5.82 Å². The number of carbonyl (C=O) groups excluding carboxylic acids is 1. The quantitative estimate of drug-likeness (QED) is 0.200. The van der Waals surface area contributed by atoms with Gasteiger partial charge in [-0.05, 0) is 46.6 Å². The highest BCUT2D eigenvalue weighted by atomic mass is 79.9. The maximum absolute atomic E-state index is 13.3. The number of rotatable bonds is 8. The van der Waals surface area contributed by atoms with E-state index in [9.17, 15) is 19.7 Å². The zero-order valence-corrected chi connectivity index (χ0v) is 23.9. The third-order valence-corrected chi connectivity index (χ3v) is 7.24. The number of ether oxygens (including phenoxy) is 2. The molecule has 0 saturated carbocycles. The van der Waals surface area contributed by atoms with Crippen LogP contribution in [0.25, 0.3) is 10.9 Å². The van der Waals surface area contributed by atoms with Crippen molar-refractivity contribution in [3.05, 3.63) is 71.1 Å². The van der Waals surface area contributed by atoms with Crippen molar-refractivity contribution in [2.24, 2.45) is 5.10 Å². The van der Waals surface area contributed by atoms with Crippen LogP contribution in [0.15, 0.2) is 49.2 Å². The molecule has 1 aliphatic rings. The van der Waals surface area contributed by atoms with Crippen LogP contribution in [0.4, 0.5) is 5.69 Å². The van der Waals surface area contributed by atoms with Gasteiger partial charge in [0.05, 0.1) is 39.7 Å². The highest BCUT2D eigenvalue weighted by molar-refractivity contribution is 9.10. The van der Waals surface area contributed by atoms with E-state index in [4.69, 9.17) is 9.47 Å². The lowest BCUT2D eigenvalue weighted by atomic mass is 10.1. The third-order valence-electron chi connectivity index (χ3n) is 6.16. The Balaban J connectivity index is 1.67. The van der Waals surface area contributed by atoms with Gasteiger partial charge in [0.2, 0.25) is 5.75 Å². The number of hydrogen-bond donors (Lipinski definition) is 0. The van der Waals surface area contributed by atoms with Gasteiger partial charge in [-0.1, -0.05) is 29.8 Å². The molecule has 1 amide bonds. The van der Waals surface area contributed by atoms with Gasteiger partial charge < -0.3 is 14.4 Å². The van der Waals surface area contributed by atoms with Crippen LogP contribution >= 0.6 is 31.9 Å². The topological polar surface area (TPSA) is 129 Å². The van der Waals surface area contributed by atoms with Gasteiger partial charge in [-0.25, -0.2) is 4.98 Å². The van der Waals surface area contributed by atoms with E-state index in [1.54, 1.807) is 23.1 Å². The zero-order valence-electron chi connectivity index (χ0n) is 20.7. The first kappa shape index (κ1) is 27.9. The molecule has 1 aromatic heterocycles. The summed E-state index contributed by atoms with van der Waals surface area (Å²) in [5, 5.41) is 16.6. The van der Waals surface area contributed by atoms with Crippen LogP contribution < -0.4 is 10.3 Å². The molecule has 0 unspecified atom stereocenters. The van der Waals surface area contributed by atoms with Crippen LogP contribution in [0.3, 0.4) is 0 Å². The molecule has 1 fully saturated rings. The van der Waals surface area contributed by atoms with Crippen molar-refractivity contribution in [3.8, 4) is 5.75 Å². The van der Waals surface area contributed by atoms with E-state index in [1.165, 1.54) is 17.0 Å². The molecule has 0 spiro atoms. The van der Waals surface area contributed by atoms with Crippen molar-refractivity contribution in [2.45, 2.75) is 26.2 Å². The first-order valence-corrected chi connectivity index (χ1v) is 13.5. The molecule has 2 heterocycles. The van der Waals surface area contributed by atoms with E-state index in [2.05, 4.69) is 41.9 Å². The molecule has 3 aromatic rings. The number of fused-ring (bicyclic) bond motifs is 1. The van der Waals surface area contributed by atoms with Crippen molar-refractivity contribution < 1.29 is 19.2 Å². The molecule has 11 nitrogen and oxygen atoms in total. The number of nitro groups is 1. The molecular weight excluding hydrogens is 626 g/mol. The Labute approximate surface area is 234 Å². The van der Waals surface area contributed by atoms with E-state index in [1.807, 2.05) is 19.9 Å². The fraction of sp³-hybridized carbons (Fsp3) is 0.360. The monoisotopic (exact) mass is 649 g/mol. The van der Waals surface area contributed by atoms with Crippen molar-refractivity contribution in [3.63, 3.8) is 0 Å². The second-order valence-electron chi connectivity index (χ2n) is 8.69. The van der Waals surface area contributed by atoms with Crippen molar-refractivity contribution in [1.82, 2.24) is 14.6 Å². The van der Waals surface area contributed by atoms with Crippen molar-refractivity contribution in [1.29, 1.82) is 0 Å². The lowest BCUT2D eigenvalue weighted by molar-refractivity contribution is -0.385. The Morgan fingerprint density at radius 3 is 2.71 bits per heavy atom.